The third-order valence-electron chi connectivity index (χ3n) is 5.04. The van der Waals surface area contributed by atoms with E-state index in [4.69, 9.17) is 4.74 Å². The molecule has 0 aliphatic heterocycles. The van der Waals surface area contributed by atoms with Crippen LogP contribution in [-0.2, 0) is 5.41 Å². The first-order chi connectivity index (χ1) is 9.73. The molecule has 3 rings (SSSR count). The molecule has 2 aliphatic carbocycles. The quantitative estimate of drug-likeness (QED) is 0.877. The zero-order valence-corrected chi connectivity index (χ0v) is 12.9. The highest BCUT2D eigenvalue weighted by Gasteiger charge is 2.37. The highest BCUT2D eigenvalue weighted by molar-refractivity contribution is 5.43. The van der Waals surface area contributed by atoms with E-state index in [-0.39, 0.29) is 5.41 Å². The predicted molar refractivity (Wildman–Crippen MR) is 83.5 cm³/mol. The van der Waals surface area contributed by atoms with Gasteiger partial charge in [0.05, 0.1) is 7.11 Å². The molecular weight excluding hydrogens is 246 g/mol. The maximum Gasteiger partial charge on any atom is 0.122 e. The van der Waals surface area contributed by atoms with Gasteiger partial charge in [-0.15, -0.1) is 0 Å². The second-order valence-electron chi connectivity index (χ2n) is 6.70. The van der Waals surface area contributed by atoms with Crippen molar-refractivity contribution in [1.29, 1.82) is 0 Å². The lowest BCUT2D eigenvalue weighted by atomic mass is 9.68. The zero-order chi connectivity index (χ0) is 14.0. The summed E-state index contributed by atoms with van der Waals surface area (Å²) in [6.45, 7) is 3.31. The molecule has 20 heavy (non-hydrogen) atoms. The molecule has 0 atom stereocenters. The Morgan fingerprint density at radius 1 is 1.20 bits per heavy atom. The molecule has 110 valence electrons. The van der Waals surface area contributed by atoms with Gasteiger partial charge in [-0.1, -0.05) is 37.0 Å². The van der Waals surface area contributed by atoms with Gasteiger partial charge in [-0.3, -0.25) is 0 Å². The molecule has 2 nitrogen and oxygen atoms in total. The van der Waals surface area contributed by atoms with Gasteiger partial charge < -0.3 is 10.1 Å². The van der Waals surface area contributed by atoms with Crippen molar-refractivity contribution in [2.75, 3.05) is 13.7 Å². The molecular formula is C18H27NO. The van der Waals surface area contributed by atoms with Crippen LogP contribution in [0.1, 0.15) is 56.1 Å². The van der Waals surface area contributed by atoms with E-state index >= 15 is 0 Å². The van der Waals surface area contributed by atoms with Crippen LogP contribution in [0, 0.1) is 6.92 Å². The molecule has 2 aliphatic rings. The lowest BCUT2D eigenvalue weighted by molar-refractivity contribution is 0.268. The molecule has 2 heteroatoms. The molecule has 1 aromatic carbocycles. The minimum Gasteiger partial charge on any atom is -0.496 e. The van der Waals surface area contributed by atoms with Crippen LogP contribution in [0.25, 0.3) is 0 Å². The summed E-state index contributed by atoms with van der Waals surface area (Å²) in [5.41, 5.74) is 3.07. The lowest BCUT2D eigenvalue weighted by Gasteiger charge is -2.39. The Morgan fingerprint density at radius 3 is 2.60 bits per heavy atom. The fraction of sp³-hybridized carbons (Fsp3) is 0.667. The van der Waals surface area contributed by atoms with Crippen LogP contribution in [0.4, 0.5) is 0 Å². The number of hydrogen-bond acceptors (Lipinski definition) is 2. The standard InChI is InChI=1S/C18H27NO/c1-14-6-9-17(20-2)16(12-14)18(10-4-3-5-11-18)13-19-15-7-8-15/h6,9,12,15,19H,3-5,7-8,10-11,13H2,1-2H3. The monoisotopic (exact) mass is 273 g/mol. The number of nitrogens with one attached hydrogen (secondary N) is 1. The van der Waals surface area contributed by atoms with Gasteiger partial charge in [-0.2, -0.15) is 0 Å². The number of benzene rings is 1. The molecule has 0 saturated heterocycles. The van der Waals surface area contributed by atoms with E-state index in [1.807, 2.05) is 0 Å². The van der Waals surface area contributed by atoms with Crippen LogP contribution >= 0.6 is 0 Å². The van der Waals surface area contributed by atoms with Crippen molar-refractivity contribution < 1.29 is 4.74 Å². The number of methoxy groups -OCH3 is 1. The summed E-state index contributed by atoms with van der Waals surface area (Å²) in [5, 5.41) is 3.78. The maximum absolute atomic E-state index is 5.67. The van der Waals surface area contributed by atoms with E-state index in [1.54, 1.807) is 7.11 Å². The molecule has 0 amide bonds. The fourth-order valence-corrected chi connectivity index (χ4v) is 3.63. The number of rotatable bonds is 5. The summed E-state index contributed by atoms with van der Waals surface area (Å²) < 4.78 is 5.67. The van der Waals surface area contributed by atoms with Crippen molar-refractivity contribution in [3.63, 3.8) is 0 Å². The lowest BCUT2D eigenvalue weighted by Crippen LogP contribution is -2.41. The van der Waals surface area contributed by atoms with E-state index in [2.05, 4.69) is 30.4 Å². The highest BCUT2D eigenvalue weighted by Crippen LogP contribution is 2.43. The van der Waals surface area contributed by atoms with Crippen LogP contribution in [0.2, 0.25) is 0 Å². The fourth-order valence-electron chi connectivity index (χ4n) is 3.63. The largest absolute Gasteiger partial charge is 0.496 e. The summed E-state index contributed by atoms with van der Waals surface area (Å²) in [6, 6.07) is 7.45. The Kier molecular flexibility index (Phi) is 4.02. The second-order valence-corrected chi connectivity index (χ2v) is 6.70. The Morgan fingerprint density at radius 2 is 1.95 bits per heavy atom. The van der Waals surface area contributed by atoms with E-state index in [9.17, 15) is 0 Å². The Bertz CT molecular complexity index is 458. The second kappa shape index (κ2) is 5.77. The number of hydrogen-bond donors (Lipinski definition) is 1. The van der Waals surface area contributed by atoms with Crippen LogP contribution < -0.4 is 10.1 Å². The van der Waals surface area contributed by atoms with Gasteiger partial charge in [0, 0.05) is 23.6 Å². The molecule has 2 saturated carbocycles. The van der Waals surface area contributed by atoms with Gasteiger partial charge in [-0.25, -0.2) is 0 Å². The number of ether oxygens (including phenoxy) is 1. The minimum atomic E-state index is 0.290. The average Bonchev–Trinajstić information content (AvgIpc) is 3.30. The highest BCUT2D eigenvalue weighted by atomic mass is 16.5. The first-order valence-electron chi connectivity index (χ1n) is 8.12. The minimum absolute atomic E-state index is 0.290. The van der Waals surface area contributed by atoms with Crippen molar-refractivity contribution in [2.24, 2.45) is 0 Å². The topological polar surface area (TPSA) is 21.3 Å². The van der Waals surface area contributed by atoms with E-state index in [1.165, 1.54) is 56.1 Å². The van der Waals surface area contributed by atoms with Gasteiger partial charge >= 0.3 is 0 Å². The predicted octanol–water partition coefficient (Wildman–Crippen LogP) is 3.96. The smallest absolute Gasteiger partial charge is 0.122 e. The van der Waals surface area contributed by atoms with Gasteiger partial charge in [0.2, 0.25) is 0 Å². The Balaban J connectivity index is 1.92. The summed E-state index contributed by atoms with van der Waals surface area (Å²) in [6.07, 6.45) is 9.41. The van der Waals surface area contributed by atoms with Crippen molar-refractivity contribution in [1.82, 2.24) is 5.32 Å². The SMILES string of the molecule is COc1ccc(C)cc1C1(CNC2CC2)CCCCC1. The van der Waals surface area contributed by atoms with Crippen molar-refractivity contribution in [2.45, 2.75) is 63.3 Å². The third-order valence-corrected chi connectivity index (χ3v) is 5.04. The maximum atomic E-state index is 5.67. The molecule has 2 fully saturated rings. The molecule has 0 unspecified atom stereocenters. The molecule has 0 heterocycles. The molecule has 1 N–H and O–H groups in total. The molecule has 0 spiro atoms. The third kappa shape index (κ3) is 2.85. The Labute approximate surface area is 122 Å². The summed E-state index contributed by atoms with van der Waals surface area (Å²) in [7, 11) is 1.80. The van der Waals surface area contributed by atoms with Gasteiger partial charge in [-0.05, 0) is 38.7 Å². The van der Waals surface area contributed by atoms with E-state index in [0.29, 0.717) is 0 Å². The normalized spacial score (nSPS) is 21.7. The van der Waals surface area contributed by atoms with E-state index < -0.39 is 0 Å². The van der Waals surface area contributed by atoms with Crippen LogP contribution in [0.3, 0.4) is 0 Å². The van der Waals surface area contributed by atoms with E-state index in [0.717, 1.165) is 18.3 Å². The molecule has 0 bridgehead atoms. The van der Waals surface area contributed by atoms with Gasteiger partial charge in [0.1, 0.15) is 5.75 Å². The van der Waals surface area contributed by atoms with Crippen molar-refractivity contribution >= 4 is 0 Å². The van der Waals surface area contributed by atoms with Crippen LogP contribution in [0.5, 0.6) is 5.75 Å². The van der Waals surface area contributed by atoms with Gasteiger partial charge in [0.15, 0.2) is 0 Å². The van der Waals surface area contributed by atoms with Crippen molar-refractivity contribution in [3.8, 4) is 5.75 Å². The first-order valence-corrected chi connectivity index (χ1v) is 8.12. The first kappa shape index (κ1) is 13.9. The number of aryl methyl sites for hydroxylation is 1. The Hall–Kier alpha value is -1.02. The van der Waals surface area contributed by atoms with Crippen LogP contribution in [0.15, 0.2) is 18.2 Å². The summed E-state index contributed by atoms with van der Waals surface area (Å²) >= 11 is 0. The van der Waals surface area contributed by atoms with Gasteiger partial charge in [0.25, 0.3) is 0 Å². The average molecular weight is 273 g/mol. The summed E-state index contributed by atoms with van der Waals surface area (Å²) in [5.74, 6) is 1.08. The molecule has 0 radical (unpaired) electrons. The van der Waals surface area contributed by atoms with Crippen molar-refractivity contribution in [3.05, 3.63) is 29.3 Å². The zero-order valence-electron chi connectivity index (χ0n) is 12.9. The molecule has 1 aromatic rings. The summed E-state index contributed by atoms with van der Waals surface area (Å²) in [4.78, 5) is 0. The molecule has 0 aromatic heterocycles. The van der Waals surface area contributed by atoms with Crippen LogP contribution in [-0.4, -0.2) is 19.7 Å².